The summed E-state index contributed by atoms with van der Waals surface area (Å²) in [4.78, 5) is 14.7. The Balaban J connectivity index is 2.09. The highest BCUT2D eigenvalue weighted by atomic mass is 79.9. The van der Waals surface area contributed by atoms with E-state index in [-0.39, 0.29) is 5.78 Å². The molecule has 0 spiro atoms. The van der Waals surface area contributed by atoms with Crippen molar-refractivity contribution in [2.45, 2.75) is 45.2 Å². The van der Waals surface area contributed by atoms with E-state index < -0.39 is 0 Å². The zero-order valence-electron chi connectivity index (χ0n) is 11.0. The van der Waals surface area contributed by atoms with Crippen molar-refractivity contribution in [3.63, 3.8) is 0 Å². The van der Waals surface area contributed by atoms with Crippen LogP contribution in [0.4, 0.5) is 0 Å². The van der Waals surface area contributed by atoms with Gasteiger partial charge in [-0.3, -0.25) is 9.69 Å². The number of benzene rings is 1. The Hall–Kier alpha value is -0.670. The molecule has 1 aliphatic heterocycles. The highest BCUT2D eigenvalue weighted by molar-refractivity contribution is 9.10. The summed E-state index contributed by atoms with van der Waals surface area (Å²) in [5.74, 6) is 0.211. The first-order valence-electron chi connectivity index (χ1n) is 6.63. The van der Waals surface area contributed by atoms with Gasteiger partial charge in [0.05, 0.1) is 6.54 Å². The third-order valence-corrected chi connectivity index (χ3v) is 4.57. The van der Waals surface area contributed by atoms with E-state index in [2.05, 4.69) is 34.7 Å². The number of halogens is 1. The van der Waals surface area contributed by atoms with Crippen molar-refractivity contribution in [1.82, 2.24) is 4.90 Å². The predicted molar refractivity (Wildman–Crippen MR) is 78.0 cm³/mol. The van der Waals surface area contributed by atoms with Gasteiger partial charge in [0, 0.05) is 22.1 Å². The molecule has 2 nitrogen and oxygen atoms in total. The van der Waals surface area contributed by atoms with Crippen LogP contribution in [0.15, 0.2) is 28.7 Å². The minimum absolute atomic E-state index is 0.211. The van der Waals surface area contributed by atoms with Gasteiger partial charge in [-0.25, -0.2) is 0 Å². The lowest BCUT2D eigenvalue weighted by molar-refractivity contribution is 0.0733. The molecule has 0 aromatic heterocycles. The SMILES string of the molecule is C[C@@H]1CCC[C@H](C)N1CC(=O)c1ccccc1Br. The summed E-state index contributed by atoms with van der Waals surface area (Å²) in [5.41, 5.74) is 0.794. The normalized spacial score (nSPS) is 25.1. The van der Waals surface area contributed by atoms with Gasteiger partial charge in [0.2, 0.25) is 0 Å². The van der Waals surface area contributed by atoms with Gasteiger partial charge in [-0.05, 0) is 32.8 Å². The standard InChI is InChI=1S/C15H20BrNO/c1-11-6-5-7-12(2)17(11)10-15(18)13-8-3-4-9-14(13)16/h3-4,8-9,11-12H,5-7,10H2,1-2H3/t11-,12+. The van der Waals surface area contributed by atoms with Gasteiger partial charge in [-0.15, -0.1) is 0 Å². The lowest BCUT2D eigenvalue weighted by Gasteiger charge is -2.38. The van der Waals surface area contributed by atoms with Crippen molar-refractivity contribution in [2.24, 2.45) is 0 Å². The Bertz CT molecular complexity index is 422. The third-order valence-electron chi connectivity index (χ3n) is 3.88. The number of carbonyl (C=O) groups is 1. The maximum absolute atomic E-state index is 12.4. The van der Waals surface area contributed by atoms with Gasteiger partial charge in [-0.1, -0.05) is 40.5 Å². The molecule has 0 radical (unpaired) electrons. The smallest absolute Gasteiger partial charge is 0.177 e. The molecule has 1 aliphatic rings. The molecule has 0 N–H and O–H groups in total. The van der Waals surface area contributed by atoms with E-state index >= 15 is 0 Å². The van der Waals surface area contributed by atoms with Crippen molar-refractivity contribution in [1.29, 1.82) is 0 Å². The molecule has 1 aromatic rings. The molecule has 0 amide bonds. The number of hydrogen-bond donors (Lipinski definition) is 0. The number of Topliss-reactive ketones (excluding diaryl/α,β-unsaturated/α-hetero) is 1. The number of likely N-dealkylation sites (tertiary alicyclic amines) is 1. The largest absolute Gasteiger partial charge is 0.293 e. The van der Waals surface area contributed by atoms with Crippen LogP contribution in [0.5, 0.6) is 0 Å². The van der Waals surface area contributed by atoms with Crippen LogP contribution < -0.4 is 0 Å². The molecule has 18 heavy (non-hydrogen) atoms. The molecule has 1 saturated heterocycles. The van der Waals surface area contributed by atoms with E-state index in [0.717, 1.165) is 10.0 Å². The Kier molecular flexibility index (Phi) is 4.57. The Morgan fingerprint density at radius 3 is 2.50 bits per heavy atom. The Morgan fingerprint density at radius 1 is 1.28 bits per heavy atom. The second-order valence-corrected chi connectivity index (χ2v) is 6.06. The molecule has 0 saturated carbocycles. The molecule has 98 valence electrons. The summed E-state index contributed by atoms with van der Waals surface area (Å²) in [5, 5.41) is 0. The van der Waals surface area contributed by atoms with Gasteiger partial charge in [0.1, 0.15) is 0 Å². The van der Waals surface area contributed by atoms with E-state index in [1.807, 2.05) is 24.3 Å². The fourth-order valence-electron chi connectivity index (χ4n) is 2.72. The monoisotopic (exact) mass is 309 g/mol. The van der Waals surface area contributed by atoms with E-state index in [0.29, 0.717) is 18.6 Å². The van der Waals surface area contributed by atoms with Gasteiger partial charge in [0.15, 0.2) is 5.78 Å². The number of piperidine rings is 1. The van der Waals surface area contributed by atoms with Crippen LogP contribution in [-0.4, -0.2) is 29.3 Å². The summed E-state index contributed by atoms with van der Waals surface area (Å²) in [6.07, 6.45) is 3.68. The minimum atomic E-state index is 0.211. The number of rotatable bonds is 3. The molecule has 3 heteroatoms. The van der Waals surface area contributed by atoms with E-state index in [4.69, 9.17) is 0 Å². The average Bonchev–Trinajstić information content (AvgIpc) is 2.34. The Morgan fingerprint density at radius 2 is 1.89 bits per heavy atom. The van der Waals surface area contributed by atoms with E-state index in [9.17, 15) is 4.79 Å². The summed E-state index contributed by atoms with van der Waals surface area (Å²) in [7, 11) is 0. The molecular weight excluding hydrogens is 290 g/mol. The van der Waals surface area contributed by atoms with Crippen LogP contribution in [0.2, 0.25) is 0 Å². The van der Waals surface area contributed by atoms with Gasteiger partial charge in [-0.2, -0.15) is 0 Å². The fraction of sp³-hybridized carbons (Fsp3) is 0.533. The van der Waals surface area contributed by atoms with Crippen LogP contribution in [0.25, 0.3) is 0 Å². The molecule has 1 fully saturated rings. The molecule has 1 heterocycles. The van der Waals surface area contributed by atoms with Crippen LogP contribution in [0.1, 0.15) is 43.5 Å². The zero-order chi connectivity index (χ0) is 13.1. The van der Waals surface area contributed by atoms with Gasteiger partial charge >= 0.3 is 0 Å². The summed E-state index contributed by atoms with van der Waals surface area (Å²) in [6, 6.07) is 8.70. The maximum Gasteiger partial charge on any atom is 0.177 e. The highest BCUT2D eigenvalue weighted by Crippen LogP contribution is 2.24. The van der Waals surface area contributed by atoms with Crippen molar-refractivity contribution in [3.8, 4) is 0 Å². The number of ketones is 1. The zero-order valence-corrected chi connectivity index (χ0v) is 12.6. The summed E-state index contributed by atoms with van der Waals surface area (Å²) < 4.78 is 0.896. The number of nitrogens with zero attached hydrogens (tertiary/aromatic N) is 1. The van der Waals surface area contributed by atoms with Crippen molar-refractivity contribution < 1.29 is 4.79 Å². The number of hydrogen-bond acceptors (Lipinski definition) is 2. The minimum Gasteiger partial charge on any atom is -0.293 e. The van der Waals surface area contributed by atoms with Crippen LogP contribution >= 0.6 is 15.9 Å². The molecule has 0 unspecified atom stereocenters. The molecule has 1 aromatic carbocycles. The lowest BCUT2D eigenvalue weighted by Crippen LogP contribution is -2.46. The van der Waals surface area contributed by atoms with Gasteiger partial charge in [0.25, 0.3) is 0 Å². The molecule has 0 bridgehead atoms. The maximum atomic E-state index is 12.4. The lowest BCUT2D eigenvalue weighted by atomic mass is 9.96. The summed E-state index contributed by atoms with van der Waals surface area (Å²) in [6.45, 7) is 4.98. The van der Waals surface area contributed by atoms with E-state index in [1.165, 1.54) is 19.3 Å². The first-order chi connectivity index (χ1) is 8.59. The predicted octanol–water partition coefficient (Wildman–Crippen LogP) is 3.89. The molecular formula is C15H20BrNO. The van der Waals surface area contributed by atoms with Crippen molar-refractivity contribution in [3.05, 3.63) is 34.3 Å². The quantitative estimate of drug-likeness (QED) is 0.789. The summed E-state index contributed by atoms with van der Waals surface area (Å²) >= 11 is 3.45. The van der Waals surface area contributed by atoms with Crippen molar-refractivity contribution >= 4 is 21.7 Å². The number of carbonyl (C=O) groups excluding carboxylic acids is 1. The van der Waals surface area contributed by atoms with Crippen LogP contribution in [-0.2, 0) is 0 Å². The molecule has 0 aliphatic carbocycles. The first-order valence-corrected chi connectivity index (χ1v) is 7.42. The molecule has 2 rings (SSSR count). The second-order valence-electron chi connectivity index (χ2n) is 5.20. The second kappa shape index (κ2) is 5.98. The van der Waals surface area contributed by atoms with E-state index in [1.54, 1.807) is 0 Å². The Labute approximate surface area is 117 Å². The first kappa shape index (κ1) is 13.8. The molecule has 2 atom stereocenters. The van der Waals surface area contributed by atoms with Crippen LogP contribution in [0, 0.1) is 0 Å². The average molecular weight is 310 g/mol. The topological polar surface area (TPSA) is 20.3 Å². The third kappa shape index (κ3) is 3.01. The van der Waals surface area contributed by atoms with Crippen LogP contribution in [0.3, 0.4) is 0 Å². The van der Waals surface area contributed by atoms with Gasteiger partial charge < -0.3 is 0 Å². The highest BCUT2D eigenvalue weighted by Gasteiger charge is 2.26. The van der Waals surface area contributed by atoms with Crippen molar-refractivity contribution in [2.75, 3.05) is 6.54 Å². The fourth-order valence-corrected chi connectivity index (χ4v) is 3.23.